The van der Waals surface area contributed by atoms with E-state index in [1.54, 1.807) is 0 Å². The predicted molar refractivity (Wildman–Crippen MR) is 63.0 cm³/mol. The summed E-state index contributed by atoms with van der Waals surface area (Å²) in [5.41, 5.74) is 0. The number of anilines is 1. The summed E-state index contributed by atoms with van der Waals surface area (Å²) >= 11 is 0. The molecule has 0 aliphatic rings. The van der Waals surface area contributed by atoms with Crippen molar-refractivity contribution in [2.24, 2.45) is 0 Å². The number of unbranched alkanes of at least 4 members (excludes halogenated alkanes) is 1. The highest BCUT2D eigenvalue weighted by molar-refractivity contribution is 5.76. The summed E-state index contributed by atoms with van der Waals surface area (Å²) < 4.78 is 4.95. The first-order valence-corrected chi connectivity index (χ1v) is 5.87. The van der Waals surface area contributed by atoms with Gasteiger partial charge in [0.15, 0.2) is 5.82 Å². The van der Waals surface area contributed by atoms with Crippen molar-refractivity contribution in [3.05, 3.63) is 5.82 Å². The zero-order chi connectivity index (χ0) is 12.8. The number of nitrogens with one attached hydrogen (secondary N) is 1. The van der Waals surface area contributed by atoms with E-state index in [0.29, 0.717) is 12.2 Å². The molecule has 2 N–H and O–H groups in total. The Bertz CT molecular complexity index is 363. The molecule has 96 valence electrons. The number of hydrogen-bond donors (Lipinski definition) is 2. The fraction of sp³-hybridized carbons (Fsp3) is 0.727. The van der Waals surface area contributed by atoms with Gasteiger partial charge in [0, 0.05) is 5.92 Å². The molecule has 0 fully saturated rings. The van der Waals surface area contributed by atoms with Gasteiger partial charge >= 0.3 is 12.0 Å². The van der Waals surface area contributed by atoms with E-state index in [-0.39, 0.29) is 11.9 Å². The lowest BCUT2D eigenvalue weighted by Crippen LogP contribution is -2.29. The Labute approximate surface area is 100 Å². The van der Waals surface area contributed by atoms with Gasteiger partial charge in [0.25, 0.3) is 0 Å². The molecular formula is C11H19N3O3. The molecule has 0 saturated carbocycles. The molecule has 1 rings (SSSR count). The summed E-state index contributed by atoms with van der Waals surface area (Å²) in [7, 11) is 0. The molecule has 0 saturated heterocycles. The van der Waals surface area contributed by atoms with Crippen LogP contribution in [0.2, 0.25) is 0 Å². The third kappa shape index (κ3) is 4.05. The maximum atomic E-state index is 11.0. The van der Waals surface area contributed by atoms with Crippen molar-refractivity contribution < 1.29 is 14.4 Å². The molecule has 0 spiro atoms. The van der Waals surface area contributed by atoms with Crippen molar-refractivity contribution in [3.63, 3.8) is 0 Å². The van der Waals surface area contributed by atoms with Crippen LogP contribution in [-0.4, -0.2) is 27.3 Å². The van der Waals surface area contributed by atoms with Gasteiger partial charge in [0.2, 0.25) is 0 Å². The van der Waals surface area contributed by atoms with E-state index in [2.05, 4.69) is 15.5 Å². The normalized spacial score (nSPS) is 12.7. The number of hydrogen-bond acceptors (Lipinski definition) is 5. The molecule has 0 aromatic carbocycles. The van der Waals surface area contributed by atoms with E-state index in [0.717, 1.165) is 12.8 Å². The second-order valence-corrected chi connectivity index (χ2v) is 4.29. The molecule has 0 aliphatic carbocycles. The lowest BCUT2D eigenvalue weighted by molar-refractivity contribution is -0.138. The average molecular weight is 241 g/mol. The van der Waals surface area contributed by atoms with Crippen LogP contribution >= 0.6 is 0 Å². The Hall–Kier alpha value is -1.59. The molecule has 6 nitrogen and oxygen atoms in total. The smallest absolute Gasteiger partial charge is 0.326 e. The molecule has 1 atom stereocenters. The maximum Gasteiger partial charge on any atom is 0.326 e. The van der Waals surface area contributed by atoms with E-state index in [1.165, 1.54) is 0 Å². The number of carbonyl (C=O) groups is 1. The third-order valence-corrected chi connectivity index (χ3v) is 2.40. The highest BCUT2D eigenvalue weighted by Crippen LogP contribution is 2.14. The molecule has 0 aliphatic heterocycles. The van der Waals surface area contributed by atoms with Crippen molar-refractivity contribution in [1.29, 1.82) is 0 Å². The Morgan fingerprint density at radius 2 is 2.24 bits per heavy atom. The quantitative estimate of drug-likeness (QED) is 0.761. The van der Waals surface area contributed by atoms with Crippen LogP contribution in [0.5, 0.6) is 0 Å². The molecular weight excluding hydrogens is 222 g/mol. The van der Waals surface area contributed by atoms with Crippen LogP contribution in [0.25, 0.3) is 0 Å². The number of carboxylic acid groups (broad SMARTS) is 1. The number of aromatic nitrogens is 2. The van der Waals surface area contributed by atoms with Gasteiger partial charge in [-0.05, 0) is 6.42 Å². The molecule has 1 aromatic heterocycles. The van der Waals surface area contributed by atoms with E-state index >= 15 is 0 Å². The van der Waals surface area contributed by atoms with Crippen LogP contribution < -0.4 is 5.32 Å². The number of aliphatic carboxylic acids is 1. The molecule has 6 heteroatoms. The minimum absolute atomic E-state index is 0.160. The maximum absolute atomic E-state index is 11.0. The number of nitrogens with zero attached hydrogens (tertiary/aromatic N) is 2. The summed E-state index contributed by atoms with van der Waals surface area (Å²) in [4.78, 5) is 15.1. The molecule has 17 heavy (non-hydrogen) atoms. The Balaban J connectivity index is 2.62. The first-order valence-electron chi connectivity index (χ1n) is 5.87. The molecule has 1 aromatic rings. The Kier molecular flexibility index (Phi) is 4.93. The summed E-state index contributed by atoms with van der Waals surface area (Å²) in [6, 6.07) is -0.493. The molecule has 0 radical (unpaired) electrons. The monoisotopic (exact) mass is 241 g/mol. The fourth-order valence-corrected chi connectivity index (χ4v) is 1.34. The highest BCUT2D eigenvalue weighted by Gasteiger charge is 2.19. The van der Waals surface area contributed by atoms with Crippen LogP contribution in [-0.2, 0) is 4.79 Å². The van der Waals surface area contributed by atoms with Gasteiger partial charge in [-0.25, -0.2) is 4.79 Å². The lowest BCUT2D eigenvalue weighted by Gasteiger charge is -2.11. The van der Waals surface area contributed by atoms with Crippen LogP contribution in [0.4, 0.5) is 6.01 Å². The van der Waals surface area contributed by atoms with Crippen LogP contribution in [0, 0.1) is 0 Å². The second kappa shape index (κ2) is 6.22. The molecule has 1 unspecified atom stereocenters. The molecule has 1 heterocycles. The molecule has 0 amide bonds. The van der Waals surface area contributed by atoms with Crippen molar-refractivity contribution in [2.75, 3.05) is 5.32 Å². The Morgan fingerprint density at radius 3 is 2.71 bits per heavy atom. The lowest BCUT2D eigenvalue weighted by atomic mass is 10.1. The summed E-state index contributed by atoms with van der Waals surface area (Å²) in [6.07, 6.45) is 2.34. The van der Waals surface area contributed by atoms with Gasteiger partial charge in [-0.2, -0.15) is 4.98 Å². The SMILES string of the molecule is CCCCC(Nc1nc(C(C)C)no1)C(=O)O. The summed E-state index contributed by atoms with van der Waals surface area (Å²) in [5.74, 6) is -0.164. The van der Waals surface area contributed by atoms with Crippen LogP contribution in [0.1, 0.15) is 51.8 Å². The van der Waals surface area contributed by atoms with Gasteiger partial charge in [0.05, 0.1) is 0 Å². The van der Waals surface area contributed by atoms with E-state index < -0.39 is 12.0 Å². The van der Waals surface area contributed by atoms with Gasteiger partial charge in [-0.1, -0.05) is 38.8 Å². The van der Waals surface area contributed by atoms with Crippen molar-refractivity contribution >= 4 is 12.0 Å². The van der Waals surface area contributed by atoms with Crippen molar-refractivity contribution in [1.82, 2.24) is 10.1 Å². The largest absolute Gasteiger partial charge is 0.480 e. The minimum Gasteiger partial charge on any atom is -0.480 e. The topological polar surface area (TPSA) is 88.3 Å². The standard InChI is InChI=1S/C11H19N3O3/c1-4-5-6-8(10(15)16)12-11-13-9(7(2)3)14-17-11/h7-8H,4-6H2,1-3H3,(H,15,16)(H,12,13,14). The summed E-state index contributed by atoms with van der Waals surface area (Å²) in [6.45, 7) is 5.91. The van der Waals surface area contributed by atoms with Crippen molar-refractivity contribution in [2.45, 2.75) is 52.0 Å². The van der Waals surface area contributed by atoms with Gasteiger partial charge < -0.3 is 14.9 Å². The highest BCUT2D eigenvalue weighted by atomic mass is 16.5. The third-order valence-electron chi connectivity index (χ3n) is 2.40. The Morgan fingerprint density at radius 1 is 1.53 bits per heavy atom. The minimum atomic E-state index is -0.900. The van der Waals surface area contributed by atoms with E-state index in [1.807, 2.05) is 20.8 Å². The van der Waals surface area contributed by atoms with Crippen LogP contribution in [0.15, 0.2) is 4.52 Å². The average Bonchev–Trinajstić information content (AvgIpc) is 2.72. The zero-order valence-corrected chi connectivity index (χ0v) is 10.4. The van der Waals surface area contributed by atoms with E-state index in [4.69, 9.17) is 9.63 Å². The van der Waals surface area contributed by atoms with Crippen molar-refractivity contribution in [3.8, 4) is 0 Å². The number of carboxylic acids is 1. The summed E-state index contributed by atoms with van der Waals surface area (Å²) in [5, 5.41) is 15.5. The molecule has 0 bridgehead atoms. The zero-order valence-electron chi connectivity index (χ0n) is 10.4. The first kappa shape index (κ1) is 13.5. The second-order valence-electron chi connectivity index (χ2n) is 4.29. The van der Waals surface area contributed by atoms with Crippen LogP contribution in [0.3, 0.4) is 0 Å². The van der Waals surface area contributed by atoms with E-state index in [9.17, 15) is 4.79 Å². The fourth-order valence-electron chi connectivity index (χ4n) is 1.34. The first-order chi connectivity index (χ1) is 8.04. The van der Waals surface area contributed by atoms with Gasteiger partial charge in [-0.15, -0.1) is 0 Å². The predicted octanol–water partition coefficient (Wildman–Crippen LogP) is 2.25. The number of rotatable bonds is 7. The van der Waals surface area contributed by atoms with Gasteiger partial charge in [0.1, 0.15) is 6.04 Å². The van der Waals surface area contributed by atoms with Gasteiger partial charge in [-0.3, -0.25) is 0 Å².